The van der Waals surface area contributed by atoms with Crippen molar-refractivity contribution >= 4 is 5.69 Å². The van der Waals surface area contributed by atoms with Gasteiger partial charge in [-0.15, -0.1) is 0 Å². The van der Waals surface area contributed by atoms with Crippen molar-refractivity contribution in [2.24, 2.45) is 5.73 Å². The van der Waals surface area contributed by atoms with Crippen LogP contribution < -0.4 is 20.5 Å². The van der Waals surface area contributed by atoms with Gasteiger partial charge >= 0.3 is 0 Å². The number of aryl methyl sites for hydroxylation is 1. The van der Waals surface area contributed by atoms with Crippen molar-refractivity contribution < 1.29 is 14.6 Å². The third kappa shape index (κ3) is 2.81. The summed E-state index contributed by atoms with van der Waals surface area (Å²) in [7, 11) is 0. The van der Waals surface area contributed by atoms with Gasteiger partial charge in [0.05, 0.1) is 6.61 Å². The Balaban J connectivity index is 2.11. The van der Waals surface area contributed by atoms with Crippen molar-refractivity contribution in [1.29, 1.82) is 0 Å². The number of anilines is 1. The topological polar surface area (TPSA) is 76.7 Å². The van der Waals surface area contributed by atoms with Crippen LogP contribution in [-0.2, 0) is 0 Å². The second kappa shape index (κ2) is 5.25. The average molecular weight is 238 g/mol. The van der Waals surface area contributed by atoms with Gasteiger partial charge in [0.2, 0.25) is 0 Å². The molecule has 5 heteroatoms. The number of hydrogen-bond donors (Lipinski definition) is 3. The fraction of sp³-hybridized carbons (Fsp3) is 0.500. The van der Waals surface area contributed by atoms with Crippen LogP contribution in [0.5, 0.6) is 11.5 Å². The average Bonchev–Trinajstić information content (AvgIpc) is 2.35. The molecule has 5 nitrogen and oxygen atoms in total. The molecule has 0 saturated heterocycles. The highest BCUT2D eigenvalue weighted by molar-refractivity contribution is 5.60. The van der Waals surface area contributed by atoms with E-state index in [1.807, 2.05) is 19.1 Å². The molecule has 0 amide bonds. The number of aliphatic hydroxyl groups is 1. The molecule has 0 spiro atoms. The van der Waals surface area contributed by atoms with E-state index in [4.69, 9.17) is 20.3 Å². The van der Waals surface area contributed by atoms with Crippen molar-refractivity contribution in [3.05, 3.63) is 17.7 Å². The van der Waals surface area contributed by atoms with E-state index in [1.165, 1.54) is 0 Å². The monoisotopic (exact) mass is 238 g/mol. The van der Waals surface area contributed by atoms with Crippen LogP contribution in [0.15, 0.2) is 12.1 Å². The number of fused-ring (bicyclic) bond motifs is 1. The van der Waals surface area contributed by atoms with E-state index >= 15 is 0 Å². The molecule has 17 heavy (non-hydrogen) atoms. The lowest BCUT2D eigenvalue weighted by Gasteiger charge is -2.21. The van der Waals surface area contributed by atoms with Crippen LogP contribution in [0.1, 0.15) is 5.56 Å². The molecule has 0 fully saturated rings. The van der Waals surface area contributed by atoms with E-state index in [2.05, 4.69) is 5.32 Å². The van der Waals surface area contributed by atoms with Crippen molar-refractivity contribution in [3.63, 3.8) is 0 Å². The molecule has 1 aliphatic rings. The van der Waals surface area contributed by atoms with Crippen LogP contribution in [0.2, 0.25) is 0 Å². The molecule has 0 radical (unpaired) electrons. The van der Waals surface area contributed by atoms with E-state index in [9.17, 15) is 0 Å². The summed E-state index contributed by atoms with van der Waals surface area (Å²) >= 11 is 0. The molecule has 1 aromatic rings. The highest BCUT2D eigenvalue weighted by Crippen LogP contribution is 2.35. The van der Waals surface area contributed by atoms with E-state index < -0.39 is 0 Å². The van der Waals surface area contributed by atoms with Crippen molar-refractivity contribution in [3.8, 4) is 11.5 Å². The summed E-state index contributed by atoms with van der Waals surface area (Å²) in [6.07, 6.45) is 0. The van der Waals surface area contributed by atoms with Gasteiger partial charge in [-0.1, -0.05) is 0 Å². The number of rotatable bonds is 4. The second-order valence-corrected chi connectivity index (χ2v) is 4.13. The molecule has 94 valence electrons. The number of nitrogens with two attached hydrogens (primary N) is 1. The second-order valence-electron chi connectivity index (χ2n) is 4.13. The number of aliphatic hydroxyl groups excluding tert-OH is 1. The van der Waals surface area contributed by atoms with E-state index in [0.29, 0.717) is 19.8 Å². The fourth-order valence-corrected chi connectivity index (χ4v) is 1.69. The number of benzene rings is 1. The summed E-state index contributed by atoms with van der Waals surface area (Å²) in [5, 5.41) is 12.1. The Morgan fingerprint density at radius 1 is 1.35 bits per heavy atom. The van der Waals surface area contributed by atoms with Crippen LogP contribution in [-0.4, -0.2) is 37.5 Å². The predicted molar refractivity (Wildman–Crippen MR) is 65.7 cm³/mol. The maximum Gasteiger partial charge on any atom is 0.163 e. The van der Waals surface area contributed by atoms with Gasteiger partial charge < -0.3 is 25.6 Å². The maximum absolute atomic E-state index is 8.86. The van der Waals surface area contributed by atoms with Gasteiger partial charge in [-0.05, 0) is 18.6 Å². The molecule has 1 aromatic carbocycles. The molecule has 4 N–H and O–H groups in total. The van der Waals surface area contributed by atoms with E-state index in [1.54, 1.807) is 0 Å². The quantitative estimate of drug-likeness (QED) is 0.712. The minimum absolute atomic E-state index is 0.0312. The molecular formula is C12H18N2O3. The zero-order valence-electron chi connectivity index (χ0n) is 9.90. The maximum atomic E-state index is 8.86. The third-order valence-corrected chi connectivity index (χ3v) is 2.68. The standard InChI is InChI=1S/C12H18N2O3/c1-8-4-11-12(17-3-2-16-11)5-10(8)14-6-9(13)7-15/h4-5,9,14-15H,2-3,6-7,13H2,1H3. The summed E-state index contributed by atoms with van der Waals surface area (Å²) in [5.74, 6) is 1.53. The lowest BCUT2D eigenvalue weighted by molar-refractivity contribution is 0.171. The Morgan fingerprint density at radius 2 is 2.00 bits per heavy atom. The first kappa shape index (κ1) is 12.0. The first-order valence-electron chi connectivity index (χ1n) is 5.71. The highest BCUT2D eigenvalue weighted by atomic mass is 16.6. The predicted octanol–water partition coefficient (Wildman–Crippen LogP) is 0.498. The summed E-state index contributed by atoms with van der Waals surface area (Å²) in [4.78, 5) is 0. The van der Waals surface area contributed by atoms with Crippen molar-refractivity contribution in [1.82, 2.24) is 0 Å². The molecule has 1 aliphatic heterocycles. The first-order valence-corrected chi connectivity index (χ1v) is 5.71. The minimum atomic E-state index is -0.261. The molecule has 1 heterocycles. The molecule has 0 aliphatic carbocycles. The molecule has 0 saturated carbocycles. The van der Waals surface area contributed by atoms with E-state index in [-0.39, 0.29) is 12.6 Å². The zero-order chi connectivity index (χ0) is 12.3. The van der Waals surface area contributed by atoms with Crippen molar-refractivity contribution in [2.45, 2.75) is 13.0 Å². The van der Waals surface area contributed by atoms with E-state index in [0.717, 1.165) is 22.7 Å². The Morgan fingerprint density at radius 3 is 2.65 bits per heavy atom. The van der Waals surface area contributed by atoms with Crippen LogP contribution in [0.4, 0.5) is 5.69 Å². The Kier molecular flexibility index (Phi) is 3.71. The van der Waals surface area contributed by atoms with Gasteiger partial charge in [-0.2, -0.15) is 0 Å². The molecule has 1 atom stereocenters. The van der Waals surface area contributed by atoms with Gasteiger partial charge in [0.15, 0.2) is 11.5 Å². The van der Waals surface area contributed by atoms with Gasteiger partial charge in [0.1, 0.15) is 13.2 Å². The fourth-order valence-electron chi connectivity index (χ4n) is 1.69. The Labute approximate surface area is 101 Å². The lowest BCUT2D eigenvalue weighted by atomic mass is 10.1. The summed E-state index contributed by atoms with van der Waals surface area (Å²) in [6.45, 7) is 3.65. The molecule has 0 aromatic heterocycles. The molecular weight excluding hydrogens is 220 g/mol. The first-order chi connectivity index (χ1) is 8.20. The Bertz CT molecular complexity index is 396. The summed E-state index contributed by atoms with van der Waals surface area (Å²) in [6, 6.07) is 3.59. The van der Waals surface area contributed by atoms with Crippen molar-refractivity contribution in [2.75, 3.05) is 31.7 Å². The zero-order valence-corrected chi connectivity index (χ0v) is 9.90. The summed E-state index contributed by atoms with van der Waals surface area (Å²) < 4.78 is 11.0. The lowest BCUT2D eigenvalue weighted by Crippen LogP contribution is -2.32. The Hall–Kier alpha value is -1.46. The largest absolute Gasteiger partial charge is 0.486 e. The van der Waals surface area contributed by atoms with Crippen LogP contribution in [0.3, 0.4) is 0 Å². The minimum Gasteiger partial charge on any atom is -0.486 e. The van der Waals surface area contributed by atoms with Gasteiger partial charge in [-0.3, -0.25) is 0 Å². The van der Waals surface area contributed by atoms with Gasteiger partial charge in [-0.25, -0.2) is 0 Å². The third-order valence-electron chi connectivity index (χ3n) is 2.68. The SMILES string of the molecule is Cc1cc2c(cc1NCC(N)CO)OCCO2. The van der Waals surface area contributed by atoms with Crippen LogP contribution >= 0.6 is 0 Å². The van der Waals surface area contributed by atoms with Crippen LogP contribution in [0.25, 0.3) is 0 Å². The number of ether oxygens (including phenoxy) is 2. The number of nitrogens with one attached hydrogen (secondary N) is 1. The molecule has 1 unspecified atom stereocenters. The molecule has 2 rings (SSSR count). The van der Waals surface area contributed by atoms with Gasteiger partial charge in [0.25, 0.3) is 0 Å². The summed E-state index contributed by atoms with van der Waals surface area (Å²) in [5.41, 5.74) is 7.67. The smallest absolute Gasteiger partial charge is 0.163 e. The molecule has 0 bridgehead atoms. The highest BCUT2D eigenvalue weighted by Gasteiger charge is 2.14. The van der Waals surface area contributed by atoms with Gasteiger partial charge in [0, 0.05) is 24.3 Å². The van der Waals surface area contributed by atoms with Crippen LogP contribution in [0, 0.1) is 6.92 Å². The normalized spacial score (nSPS) is 15.5. The number of hydrogen-bond acceptors (Lipinski definition) is 5.